The van der Waals surface area contributed by atoms with Gasteiger partial charge in [-0.2, -0.15) is 0 Å². The van der Waals surface area contributed by atoms with Gasteiger partial charge in [0.1, 0.15) is 5.75 Å². The van der Waals surface area contributed by atoms with Crippen molar-refractivity contribution in [3.63, 3.8) is 0 Å². The average Bonchev–Trinajstić information content (AvgIpc) is 2.47. The highest BCUT2D eigenvalue weighted by atomic mass is 35.5. The lowest BCUT2D eigenvalue weighted by molar-refractivity contribution is 0.196. The molecule has 3 rings (SSSR count). The molecule has 0 saturated heterocycles. The quantitative estimate of drug-likeness (QED) is 0.904. The molecular weight excluding hydrogens is 282 g/mol. The fourth-order valence-electron chi connectivity index (χ4n) is 3.30. The minimum atomic E-state index is -0.0418. The fraction of sp³-hybridized carbons (Fsp3) is 0.333. The van der Waals surface area contributed by atoms with E-state index < -0.39 is 0 Å². The molecule has 21 heavy (non-hydrogen) atoms. The summed E-state index contributed by atoms with van der Waals surface area (Å²) in [5, 5.41) is 0.621. The van der Waals surface area contributed by atoms with Gasteiger partial charge in [-0.3, -0.25) is 0 Å². The Hall–Kier alpha value is -1.51. The molecule has 0 spiro atoms. The molecule has 0 aromatic heterocycles. The van der Waals surface area contributed by atoms with Crippen LogP contribution in [0, 0.1) is 0 Å². The van der Waals surface area contributed by atoms with Crippen LogP contribution in [0.15, 0.2) is 48.5 Å². The standard InChI is InChI=1S/C18H20ClNO/c1-21-16-12-13(8-9-15(16)19)17(20)18(10-5-11-18)14-6-3-2-4-7-14/h2-4,6-9,12,17H,5,10-11,20H2,1H3. The molecule has 110 valence electrons. The molecule has 0 heterocycles. The second-order valence-electron chi connectivity index (χ2n) is 5.75. The van der Waals surface area contributed by atoms with Crippen LogP contribution < -0.4 is 10.5 Å². The third-order valence-electron chi connectivity index (χ3n) is 4.72. The zero-order valence-electron chi connectivity index (χ0n) is 12.2. The molecular formula is C18H20ClNO. The molecule has 1 unspecified atom stereocenters. The molecule has 2 aromatic carbocycles. The van der Waals surface area contributed by atoms with E-state index in [1.807, 2.05) is 24.3 Å². The lowest BCUT2D eigenvalue weighted by Crippen LogP contribution is -2.44. The maximum atomic E-state index is 6.64. The highest BCUT2D eigenvalue weighted by molar-refractivity contribution is 6.32. The van der Waals surface area contributed by atoms with E-state index in [-0.39, 0.29) is 11.5 Å². The van der Waals surface area contributed by atoms with E-state index >= 15 is 0 Å². The average molecular weight is 302 g/mol. The Morgan fingerprint density at radius 3 is 2.43 bits per heavy atom. The van der Waals surface area contributed by atoms with Crippen molar-refractivity contribution in [3.05, 3.63) is 64.7 Å². The van der Waals surface area contributed by atoms with Gasteiger partial charge in [0.25, 0.3) is 0 Å². The monoisotopic (exact) mass is 301 g/mol. The summed E-state index contributed by atoms with van der Waals surface area (Å²) >= 11 is 6.11. The van der Waals surface area contributed by atoms with Crippen LogP contribution in [-0.4, -0.2) is 7.11 Å². The summed E-state index contributed by atoms with van der Waals surface area (Å²) in [4.78, 5) is 0. The van der Waals surface area contributed by atoms with Crippen molar-refractivity contribution in [1.82, 2.24) is 0 Å². The number of ether oxygens (including phenoxy) is 1. The van der Waals surface area contributed by atoms with Crippen molar-refractivity contribution in [2.24, 2.45) is 5.73 Å². The molecule has 0 bridgehead atoms. The summed E-state index contributed by atoms with van der Waals surface area (Å²) in [5.74, 6) is 0.687. The number of rotatable bonds is 4. The predicted molar refractivity (Wildman–Crippen MR) is 86.9 cm³/mol. The molecule has 1 fully saturated rings. The Labute approximate surface area is 130 Å². The molecule has 0 amide bonds. The van der Waals surface area contributed by atoms with Gasteiger partial charge in [-0.05, 0) is 36.1 Å². The second kappa shape index (κ2) is 5.70. The van der Waals surface area contributed by atoms with Gasteiger partial charge >= 0.3 is 0 Å². The summed E-state index contributed by atoms with van der Waals surface area (Å²) in [7, 11) is 1.63. The lowest BCUT2D eigenvalue weighted by atomic mass is 9.59. The van der Waals surface area contributed by atoms with Gasteiger partial charge in [-0.25, -0.2) is 0 Å². The van der Waals surface area contributed by atoms with Crippen LogP contribution in [0.3, 0.4) is 0 Å². The first-order valence-corrected chi connectivity index (χ1v) is 7.70. The van der Waals surface area contributed by atoms with Gasteiger partial charge in [-0.1, -0.05) is 54.4 Å². The first kappa shape index (κ1) is 14.4. The van der Waals surface area contributed by atoms with E-state index in [2.05, 4.69) is 24.3 Å². The summed E-state index contributed by atoms with van der Waals surface area (Å²) in [6, 6.07) is 16.4. The van der Waals surface area contributed by atoms with Crippen molar-refractivity contribution in [3.8, 4) is 5.75 Å². The first-order chi connectivity index (χ1) is 10.2. The number of methoxy groups -OCH3 is 1. The van der Waals surface area contributed by atoms with Gasteiger partial charge in [-0.15, -0.1) is 0 Å². The van der Waals surface area contributed by atoms with Crippen LogP contribution in [0.1, 0.15) is 36.4 Å². The van der Waals surface area contributed by atoms with Crippen LogP contribution in [0.5, 0.6) is 5.75 Å². The zero-order valence-corrected chi connectivity index (χ0v) is 12.9. The number of hydrogen-bond acceptors (Lipinski definition) is 2. The highest BCUT2D eigenvalue weighted by Gasteiger charge is 2.44. The van der Waals surface area contributed by atoms with E-state index in [1.165, 1.54) is 12.0 Å². The van der Waals surface area contributed by atoms with Crippen LogP contribution in [-0.2, 0) is 5.41 Å². The molecule has 2 nitrogen and oxygen atoms in total. The van der Waals surface area contributed by atoms with E-state index in [0.29, 0.717) is 10.8 Å². The van der Waals surface area contributed by atoms with Crippen molar-refractivity contribution >= 4 is 11.6 Å². The van der Waals surface area contributed by atoms with E-state index in [4.69, 9.17) is 22.1 Å². The van der Waals surface area contributed by atoms with Gasteiger partial charge < -0.3 is 10.5 Å². The Kier molecular flexibility index (Phi) is 3.92. The van der Waals surface area contributed by atoms with Gasteiger partial charge in [0.05, 0.1) is 12.1 Å². The van der Waals surface area contributed by atoms with E-state index in [0.717, 1.165) is 18.4 Å². The molecule has 0 radical (unpaired) electrons. The zero-order chi connectivity index (χ0) is 14.9. The Bertz CT molecular complexity index is 622. The summed E-state index contributed by atoms with van der Waals surface area (Å²) in [6.07, 6.45) is 3.49. The Morgan fingerprint density at radius 1 is 1.14 bits per heavy atom. The SMILES string of the molecule is COc1cc(C(N)C2(c3ccccc3)CCC2)ccc1Cl. The normalized spacial score (nSPS) is 17.9. The minimum Gasteiger partial charge on any atom is -0.495 e. The van der Waals surface area contributed by atoms with Gasteiger partial charge in [0, 0.05) is 11.5 Å². The maximum Gasteiger partial charge on any atom is 0.137 e. The number of halogens is 1. The second-order valence-corrected chi connectivity index (χ2v) is 6.15. The summed E-state index contributed by atoms with van der Waals surface area (Å²) < 4.78 is 5.32. The number of nitrogens with two attached hydrogens (primary N) is 1. The largest absolute Gasteiger partial charge is 0.495 e. The predicted octanol–water partition coefficient (Wildman–Crippen LogP) is 4.47. The highest BCUT2D eigenvalue weighted by Crippen LogP contribution is 2.51. The molecule has 1 aliphatic rings. The fourth-order valence-corrected chi connectivity index (χ4v) is 3.49. The molecule has 1 atom stereocenters. The molecule has 1 saturated carbocycles. The summed E-state index contributed by atoms with van der Waals surface area (Å²) in [6.45, 7) is 0. The third-order valence-corrected chi connectivity index (χ3v) is 5.04. The van der Waals surface area contributed by atoms with Crippen LogP contribution in [0.4, 0.5) is 0 Å². The first-order valence-electron chi connectivity index (χ1n) is 7.32. The number of hydrogen-bond donors (Lipinski definition) is 1. The lowest BCUT2D eigenvalue weighted by Gasteiger charge is -2.47. The van der Waals surface area contributed by atoms with Crippen molar-refractivity contribution < 1.29 is 4.74 Å². The third kappa shape index (κ3) is 2.43. The van der Waals surface area contributed by atoms with Crippen LogP contribution in [0.25, 0.3) is 0 Å². The maximum absolute atomic E-state index is 6.64. The summed E-state index contributed by atoms with van der Waals surface area (Å²) in [5.41, 5.74) is 9.10. The molecule has 0 aliphatic heterocycles. The number of benzene rings is 2. The molecule has 2 N–H and O–H groups in total. The van der Waals surface area contributed by atoms with Crippen molar-refractivity contribution in [1.29, 1.82) is 0 Å². The van der Waals surface area contributed by atoms with E-state index in [9.17, 15) is 0 Å². The minimum absolute atomic E-state index is 0.0418. The Balaban J connectivity index is 1.98. The van der Waals surface area contributed by atoms with Crippen LogP contribution >= 0.6 is 11.6 Å². The van der Waals surface area contributed by atoms with Gasteiger partial charge in [0.15, 0.2) is 0 Å². The molecule has 1 aliphatic carbocycles. The van der Waals surface area contributed by atoms with Crippen molar-refractivity contribution in [2.75, 3.05) is 7.11 Å². The van der Waals surface area contributed by atoms with Crippen molar-refractivity contribution in [2.45, 2.75) is 30.7 Å². The van der Waals surface area contributed by atoms with Crippen LogP contribution in [0.2, 0.25) is 5.02 Å². The van der Waals surface area contributed by atoms with E-state index in [1.54, 1.807) is 7.11 Å². The Morgan fingerprint density at radius 2 is 1.86 bits per heavy atom. The molecule has 2 aromatic rings. The van der Waals surface area contributed by atoms with Gasteiger partial charge in [0.2, 0.25) is 0 Å². The smallest absolute Gasteiger partial charge is 0.137 e. The topological polar surface area (TPSA) is 35.2 Å². The molecule has 3 heteroatoms.